The molecule has 0 radical (unpaired) electrons. The Balaban J connectivity index is 2.05. The van der Waals surface area contributed by atoms with Crippen molar-refractivity contribution in [2.45, 2.75) is 37.6 Å². The number of amides is 1. The van der Waals surface area contributed by atoms with Crippen LogP contribution in [0, 0.1) is 5.92 Å². The van der Waals surface area contributed by atoms with Crippen molar-refractivity contribution < 1.29 is 9.53 Å². The van der Waals surface area contributed by atoms with Crippen molar-refractivity contribution in [3.8, 4) is 0 Å². The van der Waals surface area contributed by atoms with Crippen LogP contribution in [0.4, 0.5) is 4.79 Å². The normalized spacial score (nSPS) is 29.5. The van der Waals surface area contributed by atoms with E-state index in [-0.39, 0.29) is 6.61 Å². The van der Waals surface area contributed by atoms with Crippen molar-refractivity contribution in [3.05, 3.63) is 0 Å². The summed E-state index contributed by atoms with van der Waals surface area (Å²) in [6.45, 7) is 0.153. The molecule has 2 rings (SSSR count). The number of carbonyl (C=O) groups excluding carboxylic acids is 1. The maximum Gasteiger partial charge on any atom is 0.404 e. The zero-order valence-corrected chi connectivity index (χ0v) is 9.13. The first-order chi connectivity index (χ1) is 7.73. The molecule has 1 aliphatic heterocycles. The molecule has 16 heavy (non-hydrogen) atoms. The van der Waals surface area contributed by atoms with Gasteiger partial charge in [-0.05, 0) is 24.0 Å². The van der Waals surface area contributed by atoms with E-state index in [0.717, 1.165) is 12.8 Å². The van der Waals surface area contributed by atoms with Gasteiger partial charge in [0.25, 0.3) is 0 Å². The minimum absolute atomic E-state index is 0.153. The number of carbonyl (C=O) groups is 1. The number of hydrogen-bond donors (Lipinski definition) is 1. The number of rotatable bonds is 3. The summed E-state index contributed by atoms with van der Waals surface area (Å²) in [5.74, 6) is 0.357. The predicted molar refractivity (Wildman–Crippen MR) is 58.2 cm³/mol. The lowest BCUT2D eigenvalue weighted by atomic mass is 9.76. The second kappa shape index (κ2) is 4.59. The number of nitrogens with two attached hydrogens (primary N) is 1. The Hall–Kier alpha value is -1.46. The van der Waals surface area contributed by atoms with E-state index < -0.39 is 11.6 Å². The highest BCUT2D eigenvalue weighted by molar-refractivity contribution is 5.73. The van der Waals surface area contributed by atoms with Gasteiger partial charge in [0.2, 0.25) is 0 Å². The lowest BCUT2D eigenvalue weighted by molar-refractivity contribution is 0.117. The summed E-state index contributed by atoms with van der Waals surface area (Å²) in [5.41, 5.74) is 4.42. The van der Waals surface area contributed by atoms with E-state index in [4.69, 9.17) is 10.5 Å². The molecule has 0 aromatic rings. The Morgan fingerprint density at radius 3 is 2.75 bits per heavy atom. The zero-order chi connectivity index (χ0) is 11.4. The van der Waals surface area contributed by atoms with E-state index in [9.17, 15) is 4.79 Å². The standard InChI is InChI=1S/C10H16N4O2/c11-9(15)16-7-10(6-12-14-13-10)8-4-2-1-3-5-8/h6,8H,1-5,7H2,(H2,11,15). The van der Waals surface area contributed by atoms with Crippen molar-refractivity contribution in [1.82, 2.24) is 0 Å². The first kappa shape index (κ1) is 11.0. The van der Waals surface area contributed by atoms with Crippen LogP contribution in [-0.4, -0.2) is 24.5 Å². The molecule has 0 aromatic heterocycles. The molecule has 1 unspecified atom stereocenters. The van der Waals surface area contributed by atoms with E-state index in [0.29, 0.717) is 5.92 Å². The molecule has 0 bridgehead atoms. The number of ether oxygens (including phenoxy) is 1. The summed E-state index contributed by atoms with van der Waals surface area (Å²) in [7, 11) is 0. The smallest absolute Gasteiger partial charge is 0.404 e. The second-order valence-electron chi connectivity index (χ2n) is 4.37. The van der Waals surface area contributed by atoms with E-state index in [1.54, 1.807) is 6.21 Å². The number of primary amides is 1. The largest absolute Gasteiger partial charge is 0.447 e. The molecule has 6 nitrogen and oxygen atoms in total. The minimum atomic E-state index is -0.773. The van der Waals surface area contributed by atoms with Gasteiger partial charge in [-0.1, -0.05) is 19.3 Å². The molecule has 1 atom stereocenters. The third-order valence-electron chi connectivity index (χ3n) is 3.32. The van der Waals surface area contributed by atoms with Crippen LogP contribution in [0.15, 0.2) is 15.4 Å². The van der Waals surface area contributed by atoms with Crippen LogP contribution < -0.4 is 5.73 Å². The average Bonchev–Trinajstić information content (AvgIpc) is 2.78. The molecule has 1 saturated carbocycles. The van der Waals surface area contributed by atoms with Crippen molar-refractivity contribution in [1.29, 1.82) is 0 Å². The Labute approximate surface area is 93.9 Å². The molecule has 88 valence electrons. The SMILES string of the molecule is NC(=O)OCC1(C2CCCCC2)C=NN=N1. The van der Waals surface area contributed by atoms with Crippen LogP contribution in [-0.2, 0) is 4.74 Å². The third kappa shape index (κ3) is 2.20. The Kier molecular flexibility index (Phi) is 3.17. The molecular formula is C10H16N4O2. The zero-order valence-electron chi connectivity index (χ0n) is 9.13. The van der Waals surface area contributed by atoms with Crippen molar-refractivity contribution in [2.75, 3.05) is 6.61 Å². The van der Waals surface area contributed by atoms with E-state index in [1.165, 1.54) is 19.3 Å². The Morgan fingerprint density at radius 1 is 1.44 bits per heavy atom. The highest BCUT2D eigenvalue weighted by atomic mass is 16.5. The fourth-order valence-corrected chi connectivity index (χ4v) is 2.42. The van der Waals surface area contributed by atoms with E-state index in [2.05, 4.69) is 15.4 Å². The van der Waals surface area contributed by atoms with Crippen molar-refractivity contribution in [3.63, 3.8) is 0 Å². The summed E-state index contributed by atoms with van der Waals surface area (Å²) in [6.07, 6.45) is 6.70. The molecule has 0 aromatic carbocycles. The van der Waals surface area contributed by atoms with Crippen molar-refractivity contribution >= 4 is 12.3 Å². The van der Waals surface area contributed by atoms with Crippen LogP contribution in [0.3, 0.4) is 0 Å². The van der Waals surface area contributed by atoms with Gasteiger partial charge >= 0.3 is 6.09 Å². The molecule has 2 N–H and O–H groups in total. The lowest BCUT2D eigenvalue weighted by Gasteiger charge is -2.33. The maximum absolute atomic E-state index is 10.7. The molecule has 2 aliphatic rings. The first-order valence-electron chi connectivity index (χ1n) is 5.61. The van der Waals surface area contributed by atoms with Gasteiger partial charge < -0.3 is 10.5 Å². The number of hydrogen-bond acceptors (Lipinski definition) is 5. The summed E-state index contributed by atoms with van der Waals surface area (Å²) in [5, 5.41) is 11.6. The highest BCUT2D eigenvalue weighted by Crippen LogP contribution is 2.36. The van der Waals surface area contributed by atoms with Crippen LogP contribution in [0.25, 0.3) is 0 Å². The molecular weight excluding hydrogens is 208 g/mol. The van der Waals surface area contributed by atoms with Crippen molar-refractivity contribution in [2.24, 2.45) is 27.1 Å². The quantitative estimate of drug-likeness (QED) is 0.792. The van der Waals surface area contributed by atoms with Crippen LogP contribution in [0.1, 0.15) is 32.1 Å². The van der Waals surface area contributed by atoms with Gasteiger partial charge in [-0.2, -0.15) is 5.11 Å². The molecule has 1 aliphatic carbocycles. The summed E-state index contributed by atoms with van der Waals surface area (Å²) < 4.78 is 4.88. The van der Waals surface area contributed by atoms with E-state index >= 15 is 0 Å². The van der Waals surface area contributed by atoms with Gasteiger partial charge in [0, 0.05) is 0 Å². The van der Waals surface area contributed by atoms with Crippen LogP contribution in [0.5, 0.6) is 0 Å². The fraction of sp³-hybridized carbons (Fsp3) is 0.800. The maximum atomic E-state index is 10.7. The van der Waals surface area contributed by atoms with Crippen LogP contribution >= 0.6 is 0 Å². The molecule has 0 spiro atoms. The van der Waals surface area contributed by atoms with E-state index in [1.807, 2.05) is 0 Å². The molecule has 0 saturated heterocycles. The average molecular weight is 224 g/mol. The third-order valence-corrected chi connectivity index (χ3v) is 3.32. The first-order valence-corrected chi connectivity index (χ1v) is 5.61. The number of nitrogens with zero attached hydrogens (tertiary/aromatic N) is 3. The topological polar surface area (TPSA) is 89.4 Å². The predicted octanol–water partition coefficient (Wildman–Crippen LogP) is 1.85. The van der Waals surface area contributed by atoms with Gasteiger partial charge in [0.1, 0.15) is 6.61 Å². The van der Waals surface area contributed by atoms with Crippen LogP contribution in [0.2, 0.25) is 0 Å². The molecule has 1 fully saturated rings. The summed E-state index contributed by atoms with van der Waals surface area (Å²) >= 11 is 0. The Bertz CT molecular complexity index is 309. The highest BCUT2D eigenvalue weighted by Gasteiger charge is 2.41. The van der Waals surface area contributed by atoms with Gasteiger partial charge in [-0.25, -0.2) is 4.79 Å². The summed E-state index contributed by atoms with van der Waals surface area (Å²) in [6, 6.07) is 0. The molecule has 1 amide bonds. The van der Waals surface area contributed by atoms with Gasteiger partial charge in [0.15, 0.2) is 5.54 Å². The van der Waals surface area contributed by atoms with Gasteiger partial charge in [-0.15, -0.1) is 5.10 Å². The minimum Gasteiger partial charge on any atom is -0.447 e. The van der Waals surface area contributed by atoms with Gasteiger partial charge in [0.05, 0.1) is 6.21 Å². The Morgan fingerprint density at radius 2 is 2.19 bits per heavy atom. The molecule has 1 heterocycles. The monoisotopic (exact) mass is 224 g/mol. The molecule has 6 heteroatoms. The summed E-state index contributed by atoms with van der Waals surface area (Å²) in [4.78, 5) is 10.7. The fourth-order valence-electron chi connectivity index (χ4n) is 2.42. The lowest BCUT2D eigenvalue weighted by Crippen LogP contribution is -2.43. The van der Waals surface area contributed by atoms with Gasteiger partial charge in [-0.3, -0.25) is 0 Å². The second-order valence-corrected chi connectivity index (χ2v) is 4.37.